The predicted molar refractivity (Wildman–Crippen MR) is 90.8 cm³/mol. The minimum Gasteiger partial charge on any atom is -0.265 e. The van der Waals surface area contributed by atoms with E-state index in [4.69, 9.17) is 11.6 Å². The molecule has 0 aliphatic heterocycles. The van der Waals surface area contributed by atoms with E-state index in [-0.39, 0.29) is 11.3 Å². The molecule has 0 radical (unpaired) electrons. The third-order valence-electron chi connectivity index (χ3n) is 3.34. The molecule has 0 atom stereocenters. The lowest BCUT2D eigenvalue weighted by atomic mass is 10.2. The van der Waals surface area contributed by atoms with E-state index in [1.54, 1.807) is 6.07 Å². The average molecular weight is 341 g/mol. The van der Waals surface area contributed by atoms with Gasteiger partial charge in [0.05, 0.1) is 5.02 Å². The van der Waals surface area contributed by atoms with Crippen LogP contribution in [0.4, 0.5) is 0 Å². The first-order valence-electron chi connectivity index (χ1n) is 6.81. The zero-order valence-electron chi connectivity index (χ0n) is 11.7. The Labute approximate surface area is 139 Å². The van der Waals surface area contributed by atoms with Crippen LogP contribution in [0.15, 0.2) is 59.4 Å². The Morgan fingerprint density at radius 3 is 2.48 bits per heavy atom. The molecule has 23 heavy (non-hydrogen) atoms. The van der Waals surface area contributed by atoms with Gasteiger partial charge in [-0.05, 0) is 6.07 Å². The minimum atomic E-state index is -0.296. The van der Waals surface area contributed by atoms with Crippen LogP contribution in [-0.4, -0.2) is 19.8 Å². The lowest BCUT2D eigenvalue weighted by Crippen LogP contribution is -2.19. The lowest BCUT2D eigenvalue weighted by molar-refractivity contribution is 0.862. The molecule has 0 aliphatic carbocycles. The smallest absolute Gasteiger partial charge is 0.265 e. The first-order chi connectivity index (χ1) is 11.2. The number of halogens is 1. The Morgan fingerprint density at radius 1 is 0.957 bits per heavy atom. The summed E-state index contributed by atoms with van der Waals surface area (Å²) >= 11 is 7.47. The highest BCUT2D eigenvalue weighted by molar-refractivity contribution is 7.19. The fourth-order valence-electron chi connectivity index (χ4n) is 2.24. The molecule has 7 heteroatoms. The Morgan fingerprint density at radius 2 is 1.70 bits per heavy atom. The first-order valence-corrected chi connectivity index (χ1v) is 8.00. The molecule has 5 nitrogen and oxygen atoms in total. The number of benzene rings is 2. The van der Waals surface area contributed by atoms with Crippen LogP contribution < -0.4 is 5.56 Å². The highest BCUT2D eigenvalue weighted by Crippen LogP contribution is 2.30. The van der Waals surface area contributed by atoms with E-state index in [1.165, 1.54) is 15.9 Å². The third kappa shape index (κ3) is 2.42. The number of fused-ring (bicyclic) bond motifs is 1. The molecule has 0 amide bonds. The van der Waals surface area contributed by atoms with Crippen molar-refractivity contribution >= 4 is 27.9 Å². The molecule has 0 saturated carbocycles. The highest BCUT2D eigenvalue weighted by atomic mass is 35.5. The molecule has 0 fully saturated rings. The van der Waals surface area contributed by atoms with Gasteiger partial charge in [0.2, 0.25) is 4.96 Å². The number of aromatic nitrogens is 4. The number of rotatable bonds is 2. The van der Waals surface area contributed by atoms with E-state index in [2.05, 4.69) is 15.3 Å². The molecule has 0 aliphatic rings. The van der Waals surface area contributed by atoms with Crippen molar-refractivity contribution in [2.45, 2.75) is 0 Å². The van der Waals surface area contributed by atoms with Gasteiger partial charge < -0.3 is 0 Å². The molecule has 112 valence electrons. The van der Waals surface area contributed by atoms with Gasteiger partial charge in [0.25, 0.3) is 0 Å². The summed E-state index contributed by atoms with van der Waals surface area (Å²) in [4.78, 5) is 13.1. The molecule has 0 bridgehead atoms. The van der Waals surface area contributed by atoms with E-state index in [1.807, 2.05) is 48.5 Å². The fraction of sp³-hybridized carbons (Fsp3) is 0. The van der Waals surface area contributed by atoms with Crippen LogP contribution in [0.1, 0.15) is 0 Å². The van der Waals surface area contributed by atoms with E-state index >= 15 is 0 Å². The summed E-state index contributed by atoms with van der Waals surface area (Å²) in [7, 11) is 0. The van der Waals surface area contributed by atoms with Gasteiger partial charge >= 0.3 is 5.56 Å². The summed E-state index contributed by atoms with van der Waals surface area (Å²) in [6.45, 7) is 0. The molecule has 4 aromatic rings. The van der Waals surface area contributed by atoms with Crippen molar-refractivity contribution < 1.29 is 0 Å². The van der Waals surface area contributed by atoms with Gasteiger partial charge in [0, 0.05) is 11.1 Å². The van der Waals surface area contributed by atoms with E-state index in [0.29, 0.717) is 20.6 Å². The predicted octanol–water partition coefficient (Wildman–Crippen LogP) is 3.53. The van der Waals surface area contributed by atoms with Gasteiger partial charge in [0.1, 0.15) is 5.01 Å². The maximum absolute atomic E-state index is 12.6. The monoisotopic (exact) mass is 340 g/mol. The van der Waals surface area contributed by atoms with E-state index < -0.39 is 0 Å². The Hall–Kier alpha value is -2.57. The van der Waals surface area contributed by atoms with Crippen molar-refractivity contribution in [3.63, 3.8) is 0 Å². The Balaban J connectivity index is 1.93. The maximum Gasteiger partial charge on any atom is 0.302 e. The second kappa shape index (κ2) is 5.57. The third-order valence-corrected chi connectivity index (χ3v) is 4.60. The van der Waals surface area contributed by atoms with Gasteiger partial charge in [-0.2, -0.15) is 9.61 Å². The zero-order valence-corrected chi connectivity index (χ0v) is 13.3. The highest BCUT2D eigenvalue weighted by Gasteiger charge is 2.15. The molecule has 2 aromatic heterocycles. The van der Waals surface area contributed by atoms with Crippen molar-refractivity contribution in [2.75, 3.05) is 0 Å². The minimum absolute atomic E-state index is 0.277. The topological polar surface area (TPSA) is 60.2 Å². The van der Waals surface area contributed by atoms with Gasteiger partial charge in [-0.15, -0.1) is 10.2 Å². The number of hydrogen-bond acceptors (Lipinski definition) is 5. The number of hydrogen-bond donors (Lipinski definition) is 0. The van der Waals surface area contributed by atoms with Crippen molar-refractivity contribution in [1.82, 2.24) is 19.8 Å². The fourth-order valence-corrected chi connectivity index (χ4v) is 3.39. The van der Waals surface area contributed by atoms with Crippen LogP contribution >= 0.6 is 22.9 Å². The van der Waals surface area contributed by atoms with Gasteiger partial charge in [-0.1, -0.05) is 71.5 Å². The summed E-state index contributed by atoms with van der Waals surface area (Å²) < 4.78 is 1.28. The molecule has 4 rings (SSSR count). The second-order valence-corrected chi connectivity index (χ2v) is 6.16. The van der Waals surface area contributed by atoms with Crippen molar-refractivity contribution in [1.29, 1.82) is 0 Å². The van der Waals surface area contributed by atoms with Crippen LogP contribution in [-0.2, 0) is 0 Å². The standard InChI is InChI=1S/C16H9ClN4OS/c17-12-9-5-4-8-11(12)14-20-21-15(22)13(18-19-16(21)23-14)10-6-2-1-3-7-10/h1-9H. The molecule has 0 N–H and O–H groups in total. The molecular formula is C16H9ClN4OS. The lowest BCUT2D eigenvalue weighted by Gasteiger charge is -1.98. The molecule has 0 unspecified atom stereocenters. The summed E-state index contributed by atoms with van der Waals surface area (Å²) in [6.07, 6.45) is 0. The Kier molecular flexibility index (Phi) is 3.40. The number of nitrogens with zero attached hydrogens (tertiary/aromatic N) is 4. The summed E-state index contributed by atoms with van der Waals surface area (Å²) in [6, 6.07) is 16.6. The van der Waals surface area contributed by atoms with Crippen LogP contribution in [0.3, 0.4) is 0 Å². The second-order valence-electron chi connectivity index (χ2n) is 4.80. The van der Waals surface area contributed by atoms with E-state index in [0.717, 1.165) is 5.56 Å². The van der Waals surface area contributed by atoms with Crippen molar-refractivity contribution in [3.05, 3.63) is 70.0 Å². The quantitative estimate of drug-likeness (QED) is 0.560. The van der Waals surface area contributed by atoms with E-state index in [9.17, 15) is 4.79 Å². The van der Waals surface area contributed by atoms with Crippen LogP contribution in [0, 0.1) is 0 Å². The summed E-state index contributed by atoms with van der Waals surface area (Å²) in [5, 5.41) is 13.8. The first kappa shape index (κ1) is 14.0. The van der Waals surface area contributed by atoms with Gasteiger partial charge in [-0.3, -0.25) is 4.79 Å². The van der Waals surface area contributed by atoms with Crippen LogP contribution in [0.5, 0.6) is 0 Å². The van der Waals surface area contributed by atoms with Gasteiger partial charge in [0.15, 0.2) is 5.69 Å². The van der Waals surface area contributed by atoms with Crippen LogP contribution in [0.2, 0.25) is 5.02 Å². The van der Waals surface area contributed by atoms with Crippen LogP contribution in [0.25, 0.3) is 26.8 Å². The van der Waals surface area contributed by atoms with Crippen molar-refractivity contribution in [3.8, 4) is 21.8 Å². The summed E-state index contributed by atoms with van der Waals surface area (Å²) in [5.41, 5.74) is 1.46. The van der Waals surface area contributed by atoms with Crippen molar-refractivity contribution in [2.24, 2.45) is 0 Å². The molecular weight excluding hydrogens is 332 g/mol. The largest absolute Gasteiger partial charge is 0.302 e. The molecule has 0 saturated heterocycles. The van der Waals surface area contributed by atoms with Gasteiger partial charge in [-0.25, -0.2) is 0 Å². The zero-order chi connectivity index (χ0) is 15.8. The Bertz CT molecular complexity index is 1060. The summed E-state index contributed by atoms with van der Waals surface area (Å²) in [5.74, 6) is 0. The average Bonchev–Trinajstić information content (AvgIpc) is 3.01. The molecule has 0 spiro atoms. The molecule has 2 heterocycles. The maximum atomic E-state index is 12.6. The molecule has 2 aromatic carbocycles. The normalized spacial score (nSPS) is 11.0. The SMILES string of the molecule is O=c1c(-c2ccccc2)nnc2sc(-c3ccccc3Cl)nn12.